The lowest BCUT2D eigenvalue weighted by Gasteiger charge is -2.26. The van der Waals surface area contributed by atoms with Gasteiger partial charge in [0, 0.05) is 17.6 Å². The number of hydrogen-bond acceptors (Lipinski definition) is 3. The van der Waals surface area contributed by atoms with E-state index in [-0.39, 0.29) is 12.1 Å². The predicted molar refractivity (Wildman–Crippen MR) is 95.2 cm³/mol. The minimum atomic E-state index is -0.00767. The Morgan fingerprint density at radius 2 is 2.12 bits per heavy atom. The van der Waals surface area contributed by atoms with E-state index in [9.17, 15) is 0 Å². The van der Waals surface area contributed by atoms with Gasteiger partial charge < -0.3 is 19.6 Å². The van der Waals surface area contributed by atoms with E-state index in [4.69, 9.17) is 16.6 Å². The molecule has 0 saturated carbocycles. The molecule has 0 unspecified atom stereocenters. The van der Waals surface area contributed by atoms with Crippen LogP contribution in [0.15, 0.2) is 59.3 Å². The van der Waals surface area contributed by atoms with Crippen LogP contribution in [0.3, 0.4) is 0 Å². The van der Waals surface area contributed by atoms with E-state index in [1.807, 2.05) is 36.5 Å². The monoisotopic (exact) mass is 338 g/mol. The Balaban J connectivity index is 1.73. The number of hydrogen-bond donors (Lipinski definition) is 2. The zero-order valence-corrected chi connectivity index (χ0v) is 14.1. The van der Waals surface area contributed by atoms with E-state index in [1.54, 1.807) is 6.26 Å². The van der Waals surface area contributed by atoms with Gasteiger partial charge in [-0.2, -0.15) is 0 Å². The highest BCUT2D eigenvalue weighted by atomic mass is 32.1. The fourth-order valence-corrected chi connectivity index (χ4v) is 3.49. The third kappa shape index (κ3) is 2.69. The molecule has 4 heterocycles. The van der Waals surface area contributed by atoms with Gasteiger partial charge in [0.25, 0.3) is 0 Å². The SMILES string of the molecule is Cc1ccc([C@@H]2[C@@H](c3ccccn3)NC(=S)N2Cc2ccco2)[nH]1. The summed E-state index contributed by atoms with van der Waals surface area (Å²) in [5.41, 5.74) is 3.21. The zero-order valence-electron chi connectivity index (χ0n) is 13.3. The largest absolute Gasteiger partial charge is 0.467 e. The van der Waals surface area contributed by atoms with Crippen molar-refractivity contribution in [3.05, 3.63) is 77.8 Å². The topological polar surface area (TPSA) is 57.1 Å². The molecule has 3 aromatic heterocycles. The molecule has 2 atom stereocenters. The number of pyridine rings is 1. The lowest BCUT2D eigenvalue weighted by atomic mass is 10.0. The average molecular weight is 338 g/mol. The molecule has 4 rings (SSSR count). The molecular formula is C18H18N4OS. The summed E-state index contributed by atoms with van der Waals surface area (Å²) >= 11 is 5.61. The summed E-state index contributed by atoms with van der Waals surface area (Å²) in [4.78, 5) is 10.1. The van der Waals surface area contributed by atoms with Crippen molar-refractivity contribution in [3.8, 4) is 0 Å². The molecular weight excluding hydrogens is 320 g/mol. The lowest BCUT2D eigenvalue weighted by molar-refractivity contribution is 0.283. The van der Waals surface area contributed by atoms with Gasteiger partial charge in [-0.25, -0.2) is 0 Å². The molecule has 24 heavy (non-hydrogen) atoms. The van der Waals surface area contributed by atoms with Gasteiger partial charge >= 0.3 is 0 Å². The minimum Gasteiger partial charge on any atom is -0.467 e. The lowest BCUT2D eigenvalue weighted by Crippen LogP contribution is -2.29. The van der Waals surface area contributed by atoms with Crippen molar-refractivity contribution in [2.75, 3.05) is 0 Å². The van der Waals surface area contributed by atoms with E-state index in [0.29, 0.717) is 11.7 Å². The number of thiocarbonyl (C=S) groups is 1. The predicted octanol–water partition coefficient (Wildman–Crippen LogP) is 3.48. The third-order valence-electron chi connectivity index (χ3n) is 4.28. The fraction of sp³-hybridized carbons (Fsp3) is 0.222. The molecule has 1 fully saturated rings. The smallest absolute Gasteiger partial charge is 0.170 e. The zero-order chi connectivity index (χ0) is 16.5. The van der Waals surface area contributed by atoms with Gasteiger partial charge in [-0.15, -0.1) is 0 Å². The van der Waals surface area contributed by atoms with Gasteiger partial charge in [-0.3, -0.25) is 4.98 Å². The maximum Gasteiger partial charge on any atom is 0.170 e. The number of nitrogens with zero attached hydrogens (tertiary/aromatic N) is 2. The Morgan fingerprint density at radius 3 is 2.79 bits per heavy atom. The quantitative estimate of drug-likeness (QED) is 0.713. The Hall–Kier alpha value is -2.60. The molecule has 122 valence electrons. The van der Waals surface area contributed by atoms with E-state index < -0.39 is 0 Å². The molecule has 0 amide bonds. The van der Waals surface area contributed by atoms with Crippen LogP contribution < -0.4 is 5.32 Å². The van der Waals surface area contributed by atoms with Crippen LogP contribution >= 0.6 is 12.2 Å². The van der Waals surface area contributed by atoms with Gasteiger partial charge in [-0.05, 0) is 55.5 Å². The van der Waals surface area contributed by atoms with E-state index in [2.05, 4.69) is 39.2 Å². The normalized spacial score (nSPS) is 20.4. The van der Waals surface area contributed by atoms with E-state index in [1.165, 1.54) is 0 Å². The van der Waals surface area contributed by atoms with Gasteiger partial charge in [0.2, 0.25) is 0 Å². The van der Waals surface area contributed by atoms with Crippen molar-refractivity contribution in [2.45, 2.75) is 25.6 Å². The second-order valence-corrected chi connectivity index (χ2v) is 6.32. The molecule has 1 aliphatic rings. The number of H-pyrrole nitrogens is 1. The van der Waals surface area contributed by atoms with Gasteiger partial charge in [0.05, 0.1) is 30.6 Å². The van der Waals surface area contributed by atoms with Crippen LogP contribution in [-0.4, -0.2) is 20.0 Å². The van der Waals surface area contributed by atoms with E-state index in [0.717, 1.165) is 22.8 Å². The summed E-state index contributed by atoms with van der Waals surface area (Å²) in [6, 6.07) is 14.0. The van der Waals surface area contributed by atoms with Crippen molar-refractivity contribution in [1.29, 1.82) is 0 Å². The molecule has 0 aliphatic carbocycles. The maximum atomic E-state index is 5.61. The molecule has 6 heteroatoms. The fourth-order valence-electron chi connectivity index (χ4n) is 3.18. The van der Waals surface area contributed by atoms with Crippen LogP contribution in [0.4, 0.5) is 0 Å². The van der Waals surface area contributed by atoms with Gasteiger partial charge in [0.15, 0.2) is 5.11 Å². The summed E-state index contributed by atoms with van der Waals surface area (Å²) in [5, 5.41) is 4.13. The maximum absolute atomic E-state index is 5.61. The molecule has 1 saturated heterocycles. The van der Waals surface area contributed by atoms with Crippen molar-refractivity contribution < 1.29 is 4.42 Å². The first-order chi connectivity index (χ1) is 11.7. The second-order valence-electron chi connectivity index (χ2n) is 5.93. The molecule has 5 nitrogen and oxygen atoms in total. The summed E-state index contributed by atoms with van der Waals surface area (Å²) in [6.07, 6.45) is 3.50. The average Bonchev–Trinajstić information content (AvgIpc) is 3.31. The highest BCUT2D eigenvalue weighted by Crippen LogP contribution is 2.38. The highest BCUT2D eigenvalue weighted by Gasteiger charge is 2.40. The molecule has 0 bridgehead atoms. The number of rotatable bonds is 4. The Bertz CT molecular complexity index is 828. The van der Waals surface area contributed by atoms with Crippen LogP contribution in [-0.2, 0) is 6.54 Å². The Morgan fingerprint density at radius 1 is 1.21 bits per heavy atom. The molecule has 0 aromatic carbocycles. The van der Waals surface area contributed by atoms with Crippen LogP contribution in [0.5, 0.6) is 0 Å². The minimum absolute atomic E-state index is 0.00767. The second kappa shape index (κ2) is 6.13. The molecule has 0 radical (unpaired) electrons. The van der Waals surface area contributed by atoms with Crippen LogP contribution in [0.2, 0.25) is 0 Å². The van der Waals surface area contributed by atoms with Crippen molar-refractivity contribution in [3.63, 3.8) is 0 Å². The van der Waals surface area contributed by atoms with Gasteiger partial charge in [0.1, 0.15) is 5.76 Å². The number of aryl methyl sites for hydroxylation is 1. The Labute approximate surface area is 145 Å². The number of nitrogens with one attached hydrogen (secondary N) is 2. The highest BCUT2D eigenvalue weighted by molar-refractivity contribution is 7.80. The van der Waals surface area contributed by atoms with Crippen LogP contribution in [0.1, 0.15) is 34.9 Å². The third-order valence-corrected chi connectivity index (χ3v) is 4.63. The summed E-state index contributed by atoms with van der Waals surface area (Å²) in [5.74, 6) is 0.883. The van der Waals surface area contributed by atoms with E-state index >= 15 is 0 Å². The van der Waals surface area contributed by atoms with Crippen molar-refractivity contribution in [2.24, 2.45) is 0 Å². The Kier molecular flexibility index (Phi) is 3.82. The molecule has 3 aromatic rings. The first-order valence-corrected chi connectivity index (χ1v) is 8.29. The first-order valence-electron chi connectivity index (χ1n) is 7.88. The number of aromatic amines is 1. The number of aromatic nitrogens is 2. The van der Waals surface area contributed by atoms with Crippen LogP contribution in [0.25, 0.3) is 0 Å². The van der Waals surface area contributed by atoms with Crippen LogP contribution in [0, 0.1) is 6.92 Å². The first kappa shape index (κ1) is 15.0. The summed E-state index contributed by atoms with van der Waals surface area (Å²) < 4.78 is 5.52. The summed E-state index contributed by atoms with van der Waals surface area (Å²) in [7, 11) is 0. The van der Waals surface area contributed by atoms with Gasteiger partial charge in [-0.1, -0.05) is 6.07 Å². The molecule has 1 aliphatic heterocycles. The number of furan rings is 1. The van der Waals surface area contributed by atoms with Crippen molar-refractivity contribution in [1.82, 2.24) is 20.2 Å². The van der Waals surface area contributed by atoms with Crippen molar-refractivity contribution >= 4 is 17.3 Å². The molecule has 2 N–H and O–H groups in total. The standard InChI is InChI=1S/C18H18N4OS/c1-12-7-8-15(20-12)17-16(14-6-2-3-9-19-14)21-18(24)22(17)11-13-5-4-10-23-13/h2-10,16-17,20H,11H2,1H3,(H,21,24)/t16-,17-/m1/s1. The molecule has 0 spiro atoms. The summed E-state index contributed by atoms with van der Waals surface area (Å²) in [6.45, 7) is 2.67.